The molecule has 0 spiro atoms. The molecule has 0 aliphatic carbocycles. The number of nitriles is 1. The van der Waals surface area contributed by atoms with Gasteiger partial charge in [0.2, 0.25) is 10.0 Å². The molecule has 1 aliphatic heterocycles. The zero-order chi connectivity index (χ0) is 17.3. The minimum Gasteiger partial charge on any atom is -0.488 e. The maximum absolute atomic E-state index is 13.6. The molecule has 1 heterocycles. The van der Waals surface area contributed by atoms with Crippen molar-refractivity contribution in [2.45, 2.75) is 11.0 Å². The van der Waals surface area contributed by atoms with Crippen molar-refractivity contribution in [3.05, 3.63) is 59.7 Å². The van der Waals surface area contributed by atoms with Crippen molar-refractivity contribution >= 4 is 10.0 Å². The molecule has 2 aromatic rings. The van der Waals surface area contributed by atoms with Crippen LogP contribution < -0.4 is 4.74 Å². The minimum atomic E-state index is -3.84. The van der Waals surface area contributed by atoms with Gasteiger partial charge in [-0.15, -0.1) is 0 Å². The molecule has 1 saturated heterocycles. The van der Waals surface area contributed by atoms with Crippen LogP contribution >= 0.6 is 0 Å². The number of hydrogen-bond acceptors (Lipinski definition) is 4. The molecule has 1 aliphatic rings. The summed E-state index contributed by atoms with van der Waals surface area (Å²) >= 11 is 0. The highest BCUT2D eigenvalue weighted by molar-refractivity contribution is 7.89. The summed E-state index contributed by atoms with van der Waals surface area (Å²) in [5.41, 5.74) is -0.213. The molecule has 0 bridgehead atoms. The second kappa shape index (κ2) is 6.19. The molecule has 1 fully saturated rings. The van der Waals surface area contributed by atoms with Gasteiger partial charge in [0, 0.05) is 0 Å². The largest absolute Gasteiger partial charge is 0.488 e. The summed E-state index contributed by atoms with van der Waals surface area (Å²) in [6, 6.07) is 10.2. The number of nitrogens with zero attached hydrogens (tertiary/aromatic N) is 2. The molecule has 124 valence electrons. The third kappa shape index (κ3) is 3.09. The first-order valence-corrected chi connectivity index (χ1v) is 8.46. The van der Waals surface area contributed by atoms with E-state index in [1.165, 1.54) is 30.3 Å². The summed E-state index contributed by atoms with van der Waals surface area (Å²) in [7, 11) is -3.84. The second-order valence-electron chi connectivity index (χ2n) is 5.27. The van der Waals surface area contributed by atoms with Crippen LogP contribution in [0.15, 0.2) is 47.4 Å². The van der Waals surface area contributed by atoms with Crippen LogP contribution in [0.5, 0.6) is 5.75 Å². The van der Waals surface area contributed by atoms with Gasteiger partial charge in [-0.25, -0.2) is 17.2 Å². The van der Waals surface area contributed by atoms with Gasteiger partial charge in [0.05, 0.1) is 23.5 Å². The zero-order valence-electron chi connectivity index (χ0n) is 12.3. The van der Waals surface area contributed by atoms with Gasteiger partial charge in [-0.1, -0.05) is 0 Å². The Kier molecular flexibility index (Phi) is 4.22. The van der Waals surface area contributed by atoms with E-state index in [2.05, 4.69) is 0 Å². The molecule has 5 nitrogen and oxygen atoms in total. The van der Waals surface area contributed by atoms with E-state index in [1.807, 2.05) is 0 Å². The monoisotopic (exact) mass is 350 g/mol. The molecular formula is C16H12F2N2O3S. The highest BCUT2D eigenvalue weighted by Gasteiger charge is 2.38. The molecule has 0 N–H and O–H groups in total. The van der Waals surface area contributed by atoms with Crippen molar-refractivity contribution in [2.24, 2.45) is 0 Å². The van der Waals surface area contributed by atoms with Crippen LogP contribution in [-0.4, -0.2) is 31.9 Å². The SMILES string of the molecule is N#Cc1ccc(S(=O)(=O)N2CC(Oc3ccc(F)cc3)C2)cc1F. The fraction of sp³-hybridized carbons (Fsp3) is 0.188. The van der Waals surface area contributed by atoms with Crippen molar-refractivity contribution in [2.75, 3.05) is 13.1 Å². The highest BCUT2D eigenvalue weighted by Crippen LogP contribution is 2.25. The number of hydrogen-bond donors (Lipinski definition) is 0. The summed E-state index contributed by atoms with van der Waals surface area (Å²) in [4.78, 5) is -0.209. The average Bonchev–Trinajstić information content (AvgIpc) is 2.52. The van der Waals surface area contributed by atoms with Crippen LogP contribution in [0.4, 0.5) is 8.78 Å². The lowest BCUT2D eigenvalue weighted by Gasteiger charge is -2.37. The van der Waals surface area contributed by atoms with E-state index < -0.39 is 15.8 Å². The number of benzene rings is 2. The van der Waals surface area contributed by atoms with E-state index in [9.17, 15) is 17.2 Å². The fourth-order valence-corrected chi connectivity index (χ4v) is 3.79. The van der Waals surface area contributed by atoms with E-state index >= 15 is 0 Å². The maximum atomic E-state index is 13.6. The van der Waals surface area contributed by atoms with Crippen LogP contribution in [0.3, 0.4) is 0 Å². The Morgan fingerprint density at radius 1 is 1.12 bits per heavy atom. The van der Waals surface area contributed by atoms with E-state index in [0.29, 0.717) is 5.75 Å². The molecule has 24 heavy (non-hydrogen) atoms. The number of sulfonamides is 1. The predicted molar refractivity (Wildman–Crippen MR) is 80.7 cm³/mol. The van der Waals surface area contributed by atoms with Gasteiger partial charge in [0.1, 0.15) is 29.6 Å². The molecule has 0 saturated carbocycles. The van der Waals surface area contributed by atoms with Gasteiger partial charge < -0.3 is 4.74 Å². The van der Waals surface area contributed by atoms with Crippen molar-refractivity contribution in [1.29, 1.82) is 5.26 Å². The first-order chi connectivity index (χ1) is 11.4. The van der Waals surface area contributed by atoms with Crippen LogP contribution in [0.1, 0.15) is 5.56 Å². The molecule has 0 atom stereocenters. The number of ether oxygens (including phenoxy) is 1. The van der Waals surface area contributed by atoms with Gasteiger partial charge in [-0.3, -0.25) is 0 Å². The molecule has 0 amide bonds. The highest BCUT2D eigenvalue weighted by atomic mass is 32.2. The van der Waals surface area contributed by atoms with E-state index in [1.54, 1.807) is 6.07 Å². The van der Waals surface area contributed by atoms with Crippen LogP contribution in [0.2, 0.25) is 0 Å². The Hall–Kier alpha value is -2.50. The molecule has 2 aromatic carbocycles. The smallest absolute Gasteiger partial charge is 0.243 e. The third-order valence-electron chi connectivity index (χ3n) is 3.63. The molecule has 0 unspecified atom stereocenters. The Labute approximate surface area is 137 Å². The van der Waals surface area contributed by atoms with E-state index in [4.69, 9.17) is 10.00 Å². The maximum Gasteiger partial charge on any atom is 0.243 e. The summed E-state index contributed by atoms with van der Waals surface area (Å²) in [5, 5.41) is 8.68. The average molecular weight is 350 g/mol. The van der Waals surface area contributed by atoms with Crippen LogP contribution in [0.25, 0.3) is 0 Å². The number of halogens is 2. The van der Waals surface area contributed by atoms with Crippen LogP contribution in [0, 0.1) is 23.0 Å². The van der Waals surface area contributed by atoms with Gasteiger partial charge in [0.15, 0.2) is 0 Å². The molecule has 3 rings (SSSR count). The van der Waals surface area contributed by atoms with E-state index in [-0.39, 0.29) is 35.5 Å². The molecule has 0 aromatic heterocycles. The first kappa shape index (κ1) is 16.4. The fourth-order valence-electron chi connectivity index (χ4n) is 2.27. The molecule has 0 radical (unpaired) electrons. The van der Waals surface area contributed by atoms with E-state index in [0.717, 1.165) is 16.4 Å². The Bertz CT molecular complexity index is 902. The van der Waals surface area contributed by atoms with Gasteiger partial charge in [0.25, 0.3) is 0 Å². The summed E-state index contributed by atoms with van der Waals surface area (Å²) in [6.45, 7) is 0.225. The first-order valence-electron chi connectivity index (χ1n) is 7.02. The Morgan fingerprint density at radius 2 is 1.79 bits per heavy atom. The minimum absolute atomic E-state index is 0.112. The van der Waals surface area contributed by atoms with Gasteiger partial charge in [-0.05, 0) is 42.5 Å². The second-order valence-corrected chi connectivity index (χ2v) is 7.21. The van der Waals surface area contributed by atoms with Crippen molar-refractivity contribution in [3.63, 3.8) is 0 Å². The quantitative estimate of drug-likeness (QED) is 0.848. The van der Waals surface area contributed by atoms with Crippen molar-refractivity contribution < 1.29 is 21.9 Å². The van der Waals surface area contributed by atoms with Crippen molar-refractivity contribution in [3.8, 4) is 11.8 Å². The third-order valence-corrected chi connectivity index (χ3v) is 5.46. The Balaban J connectivity index is 1.67. The lowest BCUT2D eigenvalue weighted by molar-refractivity contribution is 0.0761. The van der Waals surface area contributed by atoms with Crippen LogP contribution in [-0.2, 0) is 10.0 Å². The molecule has 8 heteroatoms. The predicted octanol–water partition coefficient (Wildman–Crippen LogP) is 2.29. The standard InChI is InChI=1S/C16H12F2N2O3S/c17-12-2-4-13(5-3-12)23-14-9-20(10-14)24(21,22)15-6-1-11(8-19)16(18)7-15/h1-7,14H,9-10H2. The lowest BCUT2D eigenvalue weighted by Crippen LogP contribution is -2.55. The summed E-state index contributed by atoms with van der Waals surface area (Å²) < 4.78 is 57.9. The summed E-state index contributed by atoms with van der Waals surface area (Å²) in [6.07, 6.45) is -0.353. The van der Waals surface area contributed by atoms with Gasteiger partial charge in [-0.2, -0.15) is 9.57 Å². The topological polar surface area (TPSA) is 70.4 Å². The normalized spacial score (nSPS) is 15.5. The van der Waals surface area contributed by atoms with Crippen molar-refractivity contribution in [1.82, 2.24) is 4.31 Å². The summed E-state index contributed by atoms with van der Waals surface area (Å²) in [5.74, 6) is -0.816. The Morgan fingerprint density at radius 3 is 2.38 bits per heavy atom. The lowest BCUT2D eigenvalue weighted by atomic mass is 10.2. The zero-order valence-corrected chi connectivity index (χ0v) is 13.1. The van der Waals surface area contributed by atoms with Gasteiger partial charge >= 0.3 is 0 Å². The molecular weight excluding hydrogens is 338 g/mol. The number of rotatable bonds is 4.